The van der Waals surface area contributed by atoms with Crippen LogP contribution >= 0.6 is 0 Å². The van der Waals surface area contributed by atoms with Gasteiger partial charge in [-0.3, -0.25) is 4.79 Å². The summed E-state index contributed by atoms with van der Waals surface area (Å²) in [5, 5.41) is 18.9. The highest BCUT2D eigenvalue weighted by Gasteiger charge is 2.62. The number of epoxide rings is 1. The van der Waals surface area contributed by atoms with Crippen molar-refractivity contribution < 1.29 is 34.1 Å². The molecule has 2 fully saturated rings. The van der Waals surface area contributed by atoms with Crippen molar-refractivity contribution in [1.82, 2.24) is 5.32 Å². The fourth-order valence-electron chi connectivity index (χ4n) is 4.01. The number of carbonyl (C=O) groups excluding carboxylic acids is 1. The average molecular weight is 409 g/mol. The van der Waals surface area contributed by atoms with E-state index in [0.717, 1.165) is 38.8 Å². The molecular formula is C21H31NO7. The highest BCUT2D eigenvalue weighted by atomic mass is 16.6. The van der Waals surface area contributed by atoms with E-state index < -0.39 is 11.9 Å². The number of fused-ring (bicyclic) bond motifs is 3. The van der Waals surface area contributed by atoms with Gasteiger partial charge in [0.1, 0.15) is 12.2 Å². The van der Waals surface area contributed by atoms with Crippen LogP contribution < -0.4 is 5.32 Å². The van der Waals surface area contributed by atoms with Gasteiger partial charge in [0.25, 0.3) is 0 Å². The van der Waals surface area contributed by atoms with Gasteiger partial charge in [-0.15, -0.1) is 0 Å². The van der Waals surface area contributed by atoms with Crippen LogP contribution in [0.2, 0.25) is 0 Å². The number of rotatable bonds is 5. The summed E-state index contributed by atoms with van der Waals surface area (Å²) in [5.74, 6) is -2.29. The smallest absolute Gasteiger partial charge is 0.328 e. The summed E-state index contributed by atoms with van der Waals surface area (Å²) in [6.07, 6.45) is 7.67. The van der Waals surface area contributed by atoms with E-state index in [1.807, 2.05) is 0 Å². The molecule has 0 aromatic carbocycles. The molecule has 0 radical (unpaired) electrons. The van der Waals surface area contributed by atoms with E-state index in [0.29, 0.717) is 12.2 Å². The second-order valence-electron chi connectivity index (χ2n) is 7.97. The minimum Gasteiger partial charge on any atom is -0.478 e. The Labute approximate surface area is 170 Å². The van der Waals surface area contributed by atoms with E-state index in [2.05, 4.69) is 32.2 Å². The number of carbonyl (C=O) groups is 3. The van der Waals surface area contributed by atoms with Crippen LogP contribution in [0, 0.1) is 11.8 Å². The van der Waals surface area contributed by atoms with Gasteiger partial charge >= 0.3 is 17.9 Å². The molecule has 0 amide bonds. The molecule has 0 aromatic heterocycles. The second-order valence-corrected chi connectivity index (χ2v) is 7.97. The van der Waals surface area contributed by atoms with Crippen molar-refractivity contribution in [2.75, 3.05) is 13.1 Å². The Kier molecular flexibility index (Phi) is 7.98. The summed E-state index contributed by atoms with van der Waals surface area (Å²) in [4.78, 5) is 31.4. The van der Waals surface area contributed by atoms with Gasteiger partial charge in [0, 0.05) is 24.6 Å². The standard InChI is InChI=1S/C17H27NO3.C4H4O4/c1-4-18-10-13-12-8-7-11(2)6-5-9-17(3)15(21-17)14(12)20-16(13)19;5-3(6)1-2-4(7)8/h6,12-15,18H,4-5,7-10H2,1-3H3;1-2H,(H,5,6)(H,7,8)/b;2-1+/t12-,13-,14-,15-,17+;/m0./s1. The van der Waals surface area contributed by atoms with E-state index in [-0.39, 0.29) is 35.6 Å². The fraction of sp³-hybridized carbons (Fsp3) is 0.667. The molecular weight excluding hydrogens is 378 g/mol. The zero-order valence-corrected chi connectivity index (χ0v) is 17.2. The summed E-state index contributed by atoms with van der Waals surface area (Å²) in [6, 6.07) is 0. The molecule has 3 N–H and O–H groups in total. The summed E-state index contributed by atoms with van der Waals surface area (Å²) >= 11 is 0. The number of carboxylic acid groups (broad SMARTS) is 2. The quantitative estimate of drug-likeness (QED) is 0.273. The van der Waals surface area contributed by atoms with Gasteiger partial charge in [0.05, 0.1) is 11.5 Å². The normalized spacial score (nSPS) is 33.5. The lowest BCUT2D eigenvalue weighted by Crippen LogP contribution is -2.34. The van der Waals surface area contributed by atoms with Crippen LogP contribution in [-0.2, 0) is 23.9 Å². The van der Waals surface area contributed by atoms with Crippen molar-refractivity contribution in [2.24, 2.45) is 11.8 Å². The first-order valence-electron chi connectivity index (χ1n) is 10.1. The van der Waals surface area contributed by atoms with Crippen molar-refractivity contribution >= 4 is 17.9 Å². The highest BCUT2D eigenvalue weighted by Crippen LogP contribution is 2.50. The molecule has 3 aliphatic rings. The van der Waals surface area contributed by atoms with Crippen LogP contribution in [0.4, 0.5) is 0 Å². The summed E-state index contributed by atoms with van der Waals surface area (Å²) < 4.78 is 11.7. The number of ether oxygens (including phenoxy) is 2. The van der Waals surface area contributed by atoms with Crippen molar-refractivity contribution in [1.29, 1.82) is 0 Å². The summed E-state index contributed by atoms with van der Waals surface area (Å²) in [5.41, 5.74) is 1.34. The number of carboxylic acids is 2. The van der Waals surface area contributed by atoms with Gasteiger partial charge in [0.15, 0.2) is 0 Å². The predicted octanol–water partition coefficient (Wildman–Crippen LogP) is 2.14. The number of hydrogen-bond acceptors (Lipinski definition) is 6. The van der Waals surface area contributed by atoms with Gasteiger partial charge in [-0.25, -0.2) is 9.59 Å². The van der Waals surface area contributed by atoms with Crippen LogP contribution in [0.5, 0.6) is 0 Å². The highest BCUT2D eigenvalue weighted by molar-refractivity contribution is 5.89. The Bertz CT molecular complexity index is 671. The first kappa shape index (κ1) is 23.1. The van der Waals surface area contributed by atoms with Crippen LogP contribution in [0.25, 0.3) is 0 Å². The van der Waals surface area contributed by atoms with E-state index >= 15 is 0 Å². The zero-order chi connectivity index (χ0) is 21.6. The number of esters is 1. The van der Waals surface area contributed by atoms with E-state index in [1.54, 1.807) is 0 Å². The molecule has 3 rings (SSSR count). The largest absolute Gasteiger partial charge is 0.478 e. The maximum atomic E-state index is 12.3. The molecule has 1 aliphatic carbocycles. The minimum absolute atomic E-state index is 0.0179. The van der Waals surface area contributed by atoms with Gasteiger partial charge in [-0.05, 0) is 46.1 Å². The van der Waals surface area contributed by atoms with Crippen molar-refractivity contribution in [2.45, 2.75) is 64.3 Å². The molecule has 8 nitrogen and oxygen atoms in total. The van der Waals surface area contributed by atoms with Crippen LogP contribution in [0.1, 0.15) is 46.5 Å². The Morgan fingerprint density at radius 2 is 1.97 bits per heavy atom. The Hall–Kier alpha value is -2.19. The van der Waals surface area contributed by atoms with E-state index in [9.17, 15) is 14.4 Å². The Morgan fingerprint density at radius 3 is 2.55 bits per heavy atom. The molecule has 0 saturated carbocycles. The van der Waals surface area contributed by atoms with E-state index in [1.165, 1.54) is 5.57 Å². The SMILES string of the molecule is CCNC[C@@H]1C(=O)O[C@H]2[C@H]1CCC(C)=CCC[C@@]1(C)O[C@@H]21.O=C(O)/C=C/C(=O)O. The first-order chi connectivity index (χ1) is 13.7. The van der Waals surface area contributed by atoms with Gasteiger partial charge in [-0.1, -0.05) is 18.6 Å². The Morgan fingerprint density at radius 1 is 1.31 bits per heavy atom. The van der Waals surface area contributed by atoms with Crippen molar-refractivity contribution in [3.05, 3.63) is 23.8 Å². The fourth-order valence-corrected chi connectivity index (χ4v) is 4.01. The van der Waals surface area contributed by atoms with Gasteiger partial charge in [-0.2, -0.15) is 0 Å². The maximum Gasteiger partial charge on any atom is 0.328 e. The molecule has 0 bridgehead atoms. The lowest BCUT2D eigenvalue weighted by molar-refractivity contribution is -0.144. The van der Waals surface area contributed by atoms with Crippen LogP contribution in [0.3, 0.4) is 0 Å². The van der Waals surface area contributed by atoms with Crippen molar-refractivity contribution in [3.63, 3.8) is 0 Å². The van der Waals surface area contributed by atoms with Gasteiger partial charge in [0.2, 0.25) is 0 Å². The van der Waals surface area contributed by atoms with E-state index in [4.69, 9.17) is 19.7 Å². The Balaban J connectivity index is 0.000000321. The zero-order valence-electron chi connectivity index (χ0n) is 17.2. The third-order valence-corrected chi connectivity index (χ3v) is 5.72. The summed E-state index contributed by atoms with van der Waals surface area (Å²) in [6.45, 7) is 8.03. The predicted molar refractivity (Wildman–Crippen MR) is 105 cm³/mol. The number of nitrogens with one attached hydrogen (secondary N) is 1. The average Bonchev–Trinajstić information content (AvgIpc) is 3.21. The third kappa shape index (κ3) is 6.40. The summed E-state index contributed by atoms with van der Waals surface area (Å²) in [7, 11) is 0. The second kappa shape index (κ2) is 10.0. The molecule has 2 saturated heterocycles. The molecule has 29 heavy (non-hydrogen) atoms. The van der Waals surface area contributed by atoms with Gasteiger partial charge < -0.3 is 25.0 Å². The van der Waals surface area contributed by atoms with Crippen molar-refractivity contribution in [3.8, 4) is 0 Å². The lowest BCUT2D eigenvalue weighted by atomic mass is 9.80. The topological polar surface area (TPSA) is 125 Å². The third-order valence-electron chi connectivity index (χ3n) is 5.72. The monoisotopic (exact) mass is 409 g/mol. The maximum absolute atomic E-state index is 12.3. The molecule has 0 unspecified atom stereocenters. The molecule has 2 aliphatic heterocycles. The number of aliphatic carboxylic acids is 2. The molecule has 8 heteroatoms. The number of allylic oxidation sites excluding steroid dienone is 2. The molecule has 0 spiro atoms. The molecule has 162 valence electrons. The molecule has 0 aromatic rings. The number of hydrogen-bond donors (Lipinski definition) is 3. The molecule has 5 atom stereocenters. The van der Waals surface area contributed by atoms with Crippen LogP contribution in [0.15, 0.2) is 23.8 Å². The minimum atomic E-state index is -1.26. The van der Waals surface area contributed by atoms with Crippen LogP contribution in [-0.4, -0.2) is 59.0 Å². The molecule has 2 heterocycles. The first-order valence-corrected chi connectivity index (χ1v) is 10.1. The lowest BCUT2D eigenvalue weighted by Gasteiger charge is -2.22.